The maximum absolute atomic E-state index is 12.1. The van der Waals surface area contributed by atoms with Crippen molar-refractivity contribution in [1.82, 2.24) is 15.1 Å². The molecule has 0 spiro atoms. The van der Waals surface area contributed by atoms with Gasteiger partial charge in [0.25, 0.3) is 5.91 Å². The number of benzene rings is 1. The zero-order valence-electron chi connectivity index (χ0n) is 14.0. The number of ether oxygens (including phenoxy) is 1. The first-order chi connectivity index (χ1) is 11.8. The van der Waals surface area contributed by atoms with Crippen molar-refractivity contribution in [2.45, 2.75) is 39.0 Å². The topological polar surface area (TPSA) is 68.5 Å². The molecule has 1 aromatic heterocycles. The molecule has 24 heavy (non-hydrogen) atoms. The molecule has 1 aliphatic heterocycles. The van der Waals surface area contributed by atoms with E-state index in [4.69, 9.17) is 9.15 Å². The number of aromatic nitrogens is 2. The van der Waals surface area contributed by atoms with E-state index in [1.165, 1.54) is 6.42 Å². The quantitative estimate of drug-likeness (QED) is 0.814. The molecule has 0 radical (unpaired) electrons. The Hall–Kier alpha value is -2.37. The van der Waals surface area contributed by atoms with Crippen LogP contribution >= 0.6 is 0 Å². The van der Waals surface area contributed by atoms with E-state index in [-0.39, 0.29) is 12.5 Å². The predicted octanol–water partition coefficient (Wildman–Crippen LogP) is 3.08. The fraction of sp³-hybridized carbons (Fsp3) is 0.500. The van der Waals surface area contributed by atoms with Crippen LogP contribution in [0.4, 0.5) is 0 Å². The van der Waals surface area contributed by atoms with Gasteiger partial charge in [0.2, 0.25) is 11.8 Å². The van der Waals surface area contributed by atoms with Gasteiger partial charge in [0.1, 0.15) is 5.75 Å². The Morgan fingerprint density at radius 1 is 1.17 bits per heavy atom. The van der Waals surface area contributed by atoms with Gasteiger partial charge in [0.15, 0.2) is 6.61 Å². The van der Waals surface area contributed by atoms with Gasteiger partial charge in [0, 0.05) is 25.1 Å². The molecule has 1 aromatic carbocycles. The Bertz CT molecular complexity index is 660. The number of carbonyl (C=O) groups is 1. The SMILES string of the molecule is CCCc1nnc(-c2ccc(OCC(=O)N3CCCCC3)cc2)o1. The molecule has 1 fully saturated rings. The monoisotopic (exact) mass is 329 g/mol. The molecule has 128 valence electrons. The number of nitrogens with zero attached hydrogens (tertiary/aromatic N) is 3. The van der Waals surface area contributed by atoms with Crippen molar-refractivity contribution in [1.29, 1.82) is 0 Å². The number of carbonyl (C=O) groups excluding carboxylic acids is 1. The van der Waals surface area contributed by atoms with E-state index in [0.717, 1.165) is 44.3 Å². The summed E-state index contributed by atoms with van der Waals surface area (Å²) in [5.74, 6) is 1.88. The standard InChI is InChI=1S/C18H23N3O3/c1-2-6-16-19-20-18(24-16)14-7-9-15(10-8-14)23-13-17(22)21-11-4-3-5-12-21/h7-10H,2-6,11-13H2,1H3. The summed E-state index contributed by atoms with van der Waals surface area (Å²) in [6.45, 7) is 3.85. The molecule has 0 unspecified atom stereocenters. The van der Waals surface area contributed by atoms with Crippen molar-refractivity contribution in [3.63, 3.8) is 0 Å². The number of piperidine rings is 1. The van der Waals surface area contributed by atoms with Crippen LogP contribution in [0.3, 0.4) is 0 Å². The van der Waals surface area contributed by atoms with Gasteiger partial charge in [-0.25, -0.2) is 0 Å². The second-order valence-electron chi connectivity index (χ2n) is 6.01. The molecule has 2 aromatic rings. The lowest BCUT2D eigenvalue weighted by molar-refractivity contribution is -0.134. The van der Waals surface area contributed by atoms with Gasteiger partial charge >= 0.3 is 0 Å². The molecule has 0 saturated carbocycles. The van der Waals surface area contributed by atoms with Crippen LogP contribution in [0.25, 0.3) is 11.5 Å². The van der Waals surface area contributed by atoms with Crippen molar-refractivity contribution >= 4 is 5.91 Å². The third-order valence-corrected chi connectivity index (χ3v) is 4.10. The highest BCUT2D eigenvalue weighted by Gasteiger charge is 2.16. The maximum Gasteiger partial charge on any atom is 0.260 e. The number of hydrogen-bond acceptors (Lipinski definition) is 5. The van der Waals surface area contributed by atoms with Crippen molar-refractivity contribution in [2.24, 2.45) is 0 Å². The number of aryl methyl sites for hydroxylation is 1. The van der Waals surface area contributed by atoms with Crippen LogP contribution < -0.4 is 4.74 Å². The highest BCUT2D eigenvalue weighted by Crippen LogP contribution is 2.22. The Kier molecular flexibility index (Phi) is 5.46. The van der Waals surface area contributed by atoms with E-state index < -0.39 is 0 Å². The minimum absolute atomic E-state index is 0.0554. The second-order valence-corrected chi connectivity index (χ2v) is 6.01. The lowest BCUT2D eigenvalue weighted by Crippen LogP contribution is -2.38. The second kappa shape index (κ2) is 7.95. The molecule has 0 aliphatic carbocycles. The summed E-state index contributed by atoms with van der Waals surface area (Å²) in [7, 11) is 0. The van der Waals surface area contributed by atoms with Gasteiger partial charge in [0.05, 0.1) is 0 Å². The van der Waals surface area contributed by atoms with Gasteiger partial charge < -0.3 is 14.1 Å². The van der Waals surface area contributed by atoms with E-state index in [2.05, 4.69) is 17.1 Å². The fourth-order valence-corrected chi connectivity index (χ4v) is 2.76. The van der Waals surface area contributed by atoms with E-state index in [9.17, 15) is 4.79 Å². The van der Waals surface area contributed by atoms with Crippen LogP contribution in [0.2, 0.25) is 0 Å². The first-order valence-corrected chi connectivity index (χ1v) is 8.59. The molecular formula is C18H23N3O3. The first-order valence-electron chi connectivity index (χ1n) is 8.59. The van der Waals surface area contributed by atoms with E-state index in [0.29, 0.717) is 17.5 Å². The predicted molar refractivity (Wildman–Crippen MR) is 89.7 cm³/mol. The third-order valence-electron chi connectivity index (χ3n) is 4.10. The van der Waals surface area contributed by atoms with E-state index in [1.54, 1.807) is 0 Å². The van der Waals surface area contributed by atoms with Crippen molar-refractivity contribution in [3.8, 4) is 17.2 Å². The summed E-state index contributed by atoms with van der Waals surface area (Å²) >= 11 is 0. The summed E-state index contributed by atoms with van der Waals surface area (Å²) in [6, 6.07) is 7.37. The number of rotatable bonds is 6. The lowest BCUT2D eigenvalue weighted by atomic mass is 10.1. The zero-order valence-corrected chi connectivity index (χ0v) is 14.0. The van der Waals surface area contributed by atoms with Gasteiger partial charge in [-0.1, -0.05) is 6.92 Å². The summed E-state index contributed by atoms with van der Waals surface area (Å²) in [5, 5.41) is 8.07. The van der Waals surface area contributed by atoms with Crippen LogP contribution in [-0.4, -0.2) is 40.7 Å². The molecular weight excluding hydrogens is 306 g/mol. The lowest BCUT2D eigenvalue weighted by Gasteiger charge is -2.26. The van der Waals surface area contributed by atoms with Crippen LogP contribution in [0.15, 0.2) is 28.7 Å². The molecule has 1 amide bonds. The van der Waals surface area contributed by atoms with Gasteiger partial charge in [-0.15, -0.1) is 10.2 Å². The molecule has 1 aliphatic rings. The van der Waals surface area contributed by atoms with Gasteiger partial charge in [-0.3, -0.25) is 4.79 Å². The van der Waals surface area contributed by atoms with E-state index >= 15 is 0 Å². The number of hydrogen-bond donors (Lipinski definition) is 0. The Morgan fingerprint density at radius 2 is 1.92 bits per heavy atom. The largest absolute Gasteiger partial charge is 0.484 e. The average molecular weight is 329 g/mol. The fourth-order valence-electron chi connectivity index (χ4n) is 2.76. The van der Waals surface area contributed by atoms with Crippen LogP contribution in [0.5, 0.6) is 5.75 Å². The third kappa shape index (κ3) is 4.13. The molecule has 0 bridgehead atoms. The molecule has 3 rings (SSSR count). The molecule has 0 atom stereocenters. The molecule has 6 nitrogen and oxygen atoms in total. The number of amides is 1. The maximum atomic E-state index is 12.1. The first kappa shape index (κ1) is 16.5. The summed E-state index contributed by atoms with van der Waals surface area (Å²) < 4.78 is 11.2. The Morgan fingerprint density at radius 3 is 2.62 bits per heavy atom. The highest BCUT2D eigenvalue weighted by molar-refractivity contribution is 5.77. The summed E-state index contributed by atoms with van der Waals surface area (Å²) in [5.41, 5.74) is 0.847. The molecule has 1 saturated heterocycles. The van der Waals surface area contributed by atoms with Crippen LogP contribution in [0.1, 0.15) is 38.5 Å². The average Bonchev–Trinajstić information content (AvgIpc) is 3.10. The zero-order chi connectivity index (χ0) is 16.8. The highest BCUT2D eigenvalue weighted by atomic mass is 16.5. The Labute approximate surface area is 141 Å². The smallest absolute Gasteiger partial charge is 0.260 e. The molecule has 0 N–H and O–H groups in total. The Balaban J connectivity index is 1.54. The summed E-state index contributed by atoms with van der Waals surface area (Å²) in [4.78, 5) is 14.0. The van der Waals surface area contributed by atoms with Crippen LogP contribution in [0, 0.1) is 0 Å². The van der Waals surface area contributed by atoms with Crippen molar-refractivity contribution in [3.05, 3.63) is 30.2 Å². The van der Waals surface area contributed by atoms with Crippen LogP contribution in [-0.2, 0) is 11.2 Å². The van der Waals surface area contributed by atoms with Gasteiger partial charge in [-0.05, 0) is 49.9 Å². The number of likely N-dealkylation sites (tertiary alicyclic amines) is 1. The van der Waals surface area contributed by atoms with Gasteiger partial charge in [-0.2, -0.15) is 0 Å². The van der Waals surface area contributed by atoms with Crippen molar-refractivity contribution in [2.75, 3.05) is 19.7 Å². The normalized spacial score (nSPS) is 14.6. The minimum Gasteiger partial charge on any atom is -0.484 e. The summed E-state index contributed by atoms with van der Waals surface area (Å²) in [6.07, 6.45) is 5.14. The molecule has 2 heterocycles. The minimum atomic E-state index is 0.0554. The van der Waals surface area contributed by atoms with E-state index in [1.807, 2.05) is 29.2 Å². The molecule has 6 heteroatoms. The van der Waals surface area contributed by atoms with Crippen molar-refractivity contribution < 1.29 is 13.9 Å².